The number of hydrogen-bond acceptors (Lipinski definition) is 6. The van der Waals surface area contributed by atoms with Crippen molar-refractivity contribution in [2.75, 3.05) is 24.1 Å². The number of imidazole rings is 1. The van der Waals surface area contributed by atoms with Crippen LogP contribution >= 0.6 is 0 Å². The smallest absolute Gasteiger partial charge is 0.399 e. The largest absolute Gasteiger partial charge is 0.416 e. The molecule has 0 aliphatic rings. The summed E-state index contributed by atoms with van der Waals surface area (Å²) in [6.07, 6.45) is -2.74. The van der Waals surface area contributed by atoms with E-state index in [1.54, 1.807) is 18.5 Å². The van der Waals surface area contributed by atoms with Crippen molar-refractivity contribution < 1.29 is 13.2 Å². The highest BCUT2D eigenvalue weighted by Gasteiger charge is 2.30. The highest BCUT2D eigenvalue weighted by Crippen LogP contribution is 2.30. The molecule has 0 fully saturated rings. The third-order valence-corrected chi connectivity index (χ3v) is 6.23. The average molecular weight is 512 g/mol. The van der Waals surface area contributed by atoms with Gasteiger partial charge in [0.15, 0.2) is 17.3 Å². The fourth-order valence-electron chi connectivity index (χ4n) is 4.40. The van der Waals surface area contributed by atoms with E-state index in [0.29, 0.717) is 59.2 Å². The molecule has 3 N–H and O–H groups in total. The Morgan fingerprint density at radius 2 is 1.70 bits per heavy atom. The van der Waals surface area contributed by atoms with Crippen molar-refractivity contribution in [1.29, 1.82) is 0 Å². The van der Waals surface area contributed by atoms with Gasteiger partial charge in [0.05, 0.1) is 18.4 Å². The molecule has 0 unspecified atom stereocenters. The lowest BCUT2D eigenvalue weighted by Crippen LogP contribution is -2.40. The molecule has 2 aromatic carbocycles. The van der Waals surface area contributed by atoms with Gasteiger partial charge < -0.3 is 15.6 Å². The van der Waals surface area contributed by atoms with Crippen LogP contribution in [0.4, 0.5) is 24.7 Å². The summed E-state index contributed by atoms with van der Waals surface area (Å²) in [5.41, 5.74) is 8.56. The van der Waals surface area contributed by atoms with E-state index in [-0.39, 0.29) is 0 Å². The third-order valence-electron chi connectivity index (χ3n) is 6.23. The van der Waals surface area contributed by atoms with Crippen LogP contribution in [-0.2, 0) is 12.7 Å². The van der Waals surface area contributed by atoms with Crippen molar-refractivity contribution in [1.82, 2.24) is 24.4 Å². The van der Waals surface area contributed by atoms with Crippen LogP contribution in [0, 0.1) is 0 Å². The van der Waals surface area contributed by atoms with E-state index < -0.39 is 11.7 Å². The Hall–Kier alpha value is -3.66. The lowest BCUT2D eigenvalue weighted by atomic mass is 10.1. The predicted octanol–water partition coefficient (Wildman–Crippen LogP) is 5.67. The zero-order valence-corrected chi connectivity index (χ0v) is 21.4. The molecular formula is C27H32F3N7. The van der Waals surface area contributed by atoms with Crippen molar-refractivity contribution in [3.8, 4) is 11.4 Å². The Morgan fingerprint density at radius 3 is 2.32 bits per heavy atom. The summed E-state index contributed by atoms with van der Waals surface area (Å²) in [5.74, 6) is 1.09. The van der Waals surface area contributed by atoms with Crippen molar-refractivity contribution in [2.45, 2.75) is 52.5 Å². The van der Waals surface area contributed by atoms with E-state index in [1.807, 2.05) is 16.7 Å². The summed E-state index contributed by atoms with van der Waals surface area (Å²) in [7, 11) is 0. The number of rotatable bonds is 9. The van der Waals surface area contributed by atoms with Crippen LogP contribution in [0.1, 0.15) is 38.8 Å². The number of nitrogens with one attached hydrogen (secondary N) is 1. The number of nitrogen functional groups attached to an aromatic ring is 1. The minimum absolute atomic E-state index is 0.315. The van der Waals surface area contributed by atoms with Crippen molar-refractivity contribution in [3.05, 3.63) is 66.0 Å². The first-order chi connectivity index (χ1) is 17.5. The molecule has 0 atom stereocenters. The molecule has 196 valence electrons. The maximum atomic E-state index is 13.0. The first-order valence-electron chi connectivity index (χ1n) is 12.3. The summed E-state index contributed by atoms with van der Waals surface area (Å²) in [6, 6.07) is 13.2. The number of halogens is 3. The first-order valence-corrected chi connectivity index (χ1v) is 12.3. The van der Waals surface area contributed by atoms with Gasteiger partial charge in [0.2, 0.25) is 0 Å². The molecule has 0 aliphatic heterocycles. The van der Waals surface area contributed by atoms with Gasteiger partial charge in [-0.15, -0.1) is 0 Å². The van der Waals surface area contributed by atoms with Crippen molar-refractivity contribution >= 4 is 22.7 Å². The van der Waals surface area contributed by atoms with Gasteiger partial charge >= 0.3 is 6.18 Å². The summed E-state index contributed by atoms with van der Waals surface area (Å²) in [6.45, 7) is 10.5. The van der Waals surface area contributed by atoms with Gasteiger partial charge in [-0.25, -0.2) is 15.0 Å². The number of alkyl halides is 3. The molecule has 10 heteroatoms. The fraction of sp³-hybridized carbons (Fsp3) is 0.370. The minimum Gasteiger partial charge on any atom is -0.399 e. The Labute approximate surface area is 214 Å². The van der Waals surface area contributed by atoms with Gasteiger partial charge in [0, 0.05) is 36.4 Å². The van der Waals surface area contributed by atoms with Gasteiger partial charge in [-0.05, 0) is 57.5 Å². The molecule has 2 aromatic heterocycles. The molecule has 7 nitrogen and oxygen atoms in total. The molecule has 0 radical (unpaired) electrons. The van der Waals surface area contributed by atoms with Gasteiger partial charge in [-0.2, -0.15) is 13.2 Å². The fourth-order valence-corrected chi connectivity index (χ4v) is 4.40. The number of anilines is 2. The quantitative estimate of drug-likeness (QED) is 0.282. The SMILES string of the molecule is CC(C)N(CCNc1nc(-c2cccc(N)c2)nc2c1ncn2Cc1ccc(C(F)(F)F)cc1)C(C)C. The van der Waals surface area contributed by atoms with E-state index in [9.17, 15) is 13.2 Å². The third kappa shape index (κ3) is 6.19. The van der Waals surface area contributed by atoms with Crippen LogP contribution in [0.2, 0.25) is 0 Å². The van der Waals surface area contributed by atoms with Crippen LogP contribution in [0.25, 0.3) is 22.6 Å². The molecule has 0 spiro atoms. The topological polar surface area (TPSA) is 84.9 Å². The summed E-state index contributed by atoms with van der Waals surface area (Å²) >= 11 is 0. The predicted molar refractivity (Wildman–Crippen MR) is 141 cm³/mol. The number of nitrogens with zero attached hydrogens (tertiary/aromatic N) is 5. The second kappa shape index (κ2) is 10.8. The van der Waals surface area contributed by atoms with Gasteiger partial charge in [-0.1, -0.05) is 24.3 Å². The van der Waals surface area contributed by atoms with Gasteiger partial charge in [-0.3, -0.25) is 4.90 Å². The van der Waals surface area contributed by atoms with Gasteiger partial charge in [0.25, 0.3) is 0 Å². The Balaban J connectivity index is 1.68. The molecule has 37 heavy (non-hydrogen) atoms. The van der Waals surface area contributed by atoms with Crippen LogP contribution < -0.4 is 11.1 Å². The second-order valence-corrected chi connectivity index (χ2v) is 9.61. The molecule has 0 amide bonds. The molecule has 0 aliphatic carbocycles. The van der Waals surface area contributed by atoms with Crippen LogP contribution in [0.3, 0.4) is 0 Å². The van der Waals surface area contributed by atoms with E-state index >= 15 is 0 Å². The Bertz CT molecular complexity index is 1340. The van der Waals surface area contributed by atoms with Crippen molar-refractivity contribution in [2.24, 2.45) is 0 Å². The van der Waals surface area contributed by atoms with Crippen LogP contribution in [0.15, 0.2) is 54.9 Å². The Morgan fingerprint density at radius 1 is 1.00 bits per heavy atom. The van der Waals surface area contributed by atoms with E-state index in [0.717, 1.165) is 24.2 Å². The molecule has 0 saturated carbocycles. The van der Waals surface area contributed by atoms with E-state index in [2.05, 4.69) is 42.9 Å². The monoisotopic (exact) mass is 511 g/mol. The summed E-state index contributed by atoms with van der Waals surface area (Å²) in [5, 5.41) is 3.43. The summed E-state index contributed by atoms with van der Waals surface area (Å²) in [4.78, 5) is 16.5. The number of fused-ring (bicyclic) bond motifs is 1. The molecule has 4 rings (SSSR count). The number of benzene rings is 2. The number of hydrogen-bond donors (Lipinski definition) is 2. The average Bonchev–Trinajstić information content (AvgIpc) is 3.23. The maximum absolute atomic E-state index is 13.0. The molecule has 4 aromatic rings. The standard InChI is InChI=1S/C27H32F3N7/c1-17(2)37(18(3)4)13-12-32-25-23-26(35-24(34-25)20-6-5-7-22(31)14-20)36(16-33-23)15-19-8-10-21(11-9-19)27(28,29)30/h5-11,14,16-18H,12-13,15,31H2,1-4H3,(H,32,34,35). The lowest BCUT2D eigenvalue weighted by Gasteiger charge is -2.30. The second-order valence-electron chi connectivity index (χ2n) is 9.61. The normalized spacial score (nSPS) is 12.3. The number of aromatic nitrogens is 4. The molecule has 2 heterocycles. The van der Waals surface area contributed by atoms with Crippen LogP contribution in [-0.4, -0.2) is 49.6 Å². The summed E-state index contributed by atoms with van der Waals surface area (Å²) < 4.78 is 40.7. The van der Waals surface area contributed by atoms with Crippen molar-refractivity contribution in [3.63, 3.8) is 0 Å². The lowest BCUT2D eigenvalue weighted by molar-refractivity contribution is -0.137. The van der Waals surface area contributed by atoms with Crippen LogP contribution in [0.5, 0.6) is 0 Å². The Kier molecular flexibility index (Phi) is 7.68. The van der Waals surface area contributed by atoms with Gasteiger partial charge in [0.1, 0.15) is 5.52 Å². The highest BCUT2D eigenvalue weighted by molar-refractivity contribution is 5.85. The molecular weight excluding hydrogens is 479 g/mol. The first kappa shape index (κ1) is 26.4. The number of nitrogens with two attached hydrogens (primary N) is 1. The zero-order valence-electron chi connectivity index (χ0n) is 21.4. The molecule has 0 saturated heterocycles. The minimum atomic E-state index is -4.37. The molecule has 0 bridgehead atoms. The maximum Gasteiger partial charge on any atom is 0.416 e. The van der Waals surface area contributed by atoms with E-state index in [4.69, 9.17) is 15.7 Å². The highest BCUT2D eigenvalue weighted by atomic mass is 19.4. The zero-order chi connectivity index (χ0) is 26.7. The van der Waals surface area contributed by atoms with E-state index in [1.165, 1.54) is 12.1 Å².